The van der Waals surface area contributed by atoms with Crippen molar-refractivity contribution in [2.45, 2.75) is 25.6 Å². The van der Waals surface area contributed by atoms with Crippen LogP contribution in [-0.2, 0) is 29.1 Å². The highest BCUT2D eigenvalue weighted by Gasteiger charge is 2.22. The van der Waals surface area contributed by atoms with E-state index in [4.69, 9.17) is 4.74 Å². The molecule has 3 aromatic rings. The second-order valence-electron chi connectivity index (χ2n) is 6.53. The number of carbonyl (C=O) groups is 2. The highest BCUT2D eigenvalue weighted by Crippen LogP contribution is 2.06. The molecule has 3 rings (SSSR count). The molecule has 0 spiro atoms. The third kappa shape index (κ3) is 6.77. The Kier molecular flexibility index (Phi) is 7.34. The van der Waals surface area contributed by atoms with E-state index < -0.39 is 12.1 Å². The number of nitrogens with zero attached hydrogens (tertiary/aromatic N) is 1. The number of rotatable bonds is 8. The summed E-state index contributed by atoms with van der Waals surface area (Å²) in [7, 11) is 0. The minimum absolute atomic E-state index is 0.141. The van der Waals surface area contributed by atoms with Gasteiger partial charge in [-0.15, -0.1) is 0 Å². The van der Waals surface area contributed by atoms with Gasteiger partial charge in [-0.2, -0.15) is 0 Å². The van der Waals surface area contributed by atoms with Crippen molar-refractivity contribution in [3.8, 4) is 0 Å². The molecule has 0 radical (unpaired) electrons. The van der Waals surface area contributed by atoms with Crippen LogP contribution in [0.5, 0.6) is 0 Å². The van der Waals surface area contributed by atoms with Crippen LogP contribution in [0.15, 0.2) is 85.2 Å². The molecule has 6 nitrogen and oxygen atoms in total. The van der Waals surface area contributed by atoms with Crippen molar-refractivity contribution in [1.82, 2.24) is 15.6 Å². The summed E-state index contributed by atoms with van der Waals surface area (Å²) in [6.07, 6.45) is 3.09. The lowest BCUT2D eigenvalue weighted by Gasteiger charge is -2.18. The summed E-state index contributed by atoms with van der Waals surface area (Å²) in [4.78, 5) is 29.0. The summed E-state index contributed by atoms with van der Waals surface area (Å²) < 4.78 is 5.27. The second kappa shape index (κ2) is 10.6. The second-order valence-corrected chi connectivity index (χ2v) is 6.53. The van der Waals surface area contributed by atoms with Crippen LogP contribution in [0.3, 0.4) is 0 Å². The molecule has 29 heavy (non-hydrogen) atoms. The number of ether oxygens (including phenoxy) is 1. The maximum absolute atomic E-state index is 12.7. The lowest BCUT2D eigenvalue weighted by molar-refractivity contribution is -0.123. The zero-order valence-corrected chi connectivity index (χ0v) is 16.0. The molecule has 0 aliphatic rings. The molecule has 0 unspecified atom stereocenters. The molecular weight excluding hydrogens is 366 g/mol. The van der Waals surface area contributed by atoms with E-state index in [0.29, 0.717) is 13.0 Å². The van der Waals surface area contributed by atoms with Crippen LogP contribution < -0.4 is 10.6 Å². The van der Waals surface area contributed by atoms with Crippen molar-refractivity contribution in [3.05, 3.63) is 102 Å². The molecule has 0 aliphatic carbocycles. The van der Waals surface area contributed by atoms with E-state index in [2.05, 4.69) is 15.6 Å². The minimum Gasteiger partial charge on any atom is -0.445 e. The fourth-order valence-corrected chi connectivity index (χ4v) is 2.78. The van der Waals surface area contributed by atoms with Crippen LogP contribution in [-0.4, -0.2) is 23.0 Å². The Morgan fingerprint density at radius 2 is 1.52 bits per heavy atom. The molecule has 1 aromatic heterocycles. The van der Waals surface area contributed by atoms with Gasteiger partial charge in [-0.1, -0.05) is 66.7 Å². The first-order valence-corrected chi connectivity index (χ1v) is 9.38. The third-order valence-electron chi connectivity index (χ3n) is 4.29. The third-order valence-corrected chi connectivity index (χ3v) is 4.29. The highest BCUT2D eigenvalue weighted by atomic mass is 16.5. The molecular formula is C23H23N3O3. The van der Waals surface area contributed by atoms with Crippen LogP contribution in [0.25, 0.3) is 0 Å². The van der Waals surface area contributed by atoms with Crippen LogP contribution in [0, 0.1) is 0 Å². The Bertz CT molecular complexity index is 902. The SMILES string of the molecule is O=C(N[C@H](Cc1ccccc1)C(=O)NCc1cccnc1)OCc1ccccc1. The van der Waals surface area contributed by atoms with E-state index in [1.807, 2.05) is 72.8 Å². The average molecular weight is 389 g/mol. The van der Waals surface area contributed by atoms with E-state index in [0.717, 1.165) is 16.7 Å². The number of hydrogen-bond acceptors (Lipinski definition) is 4. The predicted octanol–water partition coefficient (Wildman–Crippen LogP) is 3.24. The molecule has 0 bridgehead atoms. The number of amides is 2. The first-order chi connectivity index (χ1) is 14.2. The van der Waals surface area contributed by atoms with Crippen molar-refractivity contribution in [2.24, 2.45) is 0 Å². The van der Waals surface area contributed by atoms with Crippen LogP contribution in [0.2, 0.25) is 0 Å². The molecule has 0 saturated heterocycles. The monoisotopic (exact) mass is 389 g/mol. The fourth-order valence-electron chi connectivity index (χ4n) is 2.78. The molecule has 0 aliphatic heterocycles. The molecule has 148 valence electrons. The molecule has 0 saturated carbocycles. The summed E-state index contributed by atoms with van der Waals surface area (Å²) in [6, 6.07) is 21.8. The molecule has 2 N–H and O–H groups in total. The van der Waals surface area contributed by atoms with E-state index in [-0.39, 0.29) is 12.5 Å². The van der Waals surface area contributed by atoms with Gasteiger partial charge in [0.1, 0.15) is 12.6 Å². The molecule has 1 atom stereocenters. The Morgan fingerprint density at radius 3 is 2.17 bits per heavy atom. The molecule has 1 heterocycles. The molecule has 0 fully saturated rings. The van der Waals surface area contributed by atoms with Crippen molar-refractivity contribution >= 4 is 12.0 Å². The van der Waals surface area contributed by atoms with Gasteiger partial charge in [0.25, 0.3) is 0 Å². The number of alkyl carbamates (subject to hydrolysis) is 1. The quantitative estimate of drug-likeness (QED) is 0.620. The van der Waals surface area contributed by atoms with Crippen molar-refractivity contribution in [3.63, 3.8) is 0 Å². The van der Waals surface area contributed by atoms with Crippen LogP contribution in [0.4, 0.5) is 4.79 Å². The lowest BCUT2D eigenvalue weighted by Crippen LogP contribution is -2.48. The highest BCUT2D eigenvalue weighted by molar-refractivity contribution is 5.85. The standard InChI is InChI=1S/C23H23N3O3/c27-22(25-16-20-12-7-13-24-15-20)21(14-18-8-3-1-4-9-18)26-23(28)29-17-19-10-5-2-6-11-19/h1-13,15,21H,14,16-17H2,(H,25,27)(H,26,28)/t21-/m1/s1. The molecule has 2 amide bonds. The van der Waals surface area contributed by atoms with Crippen LogP contribution >= 0.6 is 0 Å². The van der Waals surface area contributed by atoms with E-state index in [1.54, 1.807) is 12.4 Å². The van der Waals surface area contributed by atoms with Gasteiger partial charge < -0.3 is 15.4 Å². The van der Waals surface area contributed by atoms with E-state index >= 15 is 0 Å². The average Bonchev–Trinajstić information content (AvgIpc) is 2.78. The van der Waals surface area contributed by atoms with Crippen molar-refractivity contribution in [2.75, 3.05) is 0 Å². The van der Waals surface area contributed by atoms with Crippen LogP contribution in [0.1, 0.15) is 16.7 Å². The Hall–Kier alpha value is -3.67. The number of pyridine rings is 1. The summed E-state index contributed by atoms with van der Waals surface area (Å²) >= 11 is 0. The van der Waals surface area contributed by atoms with Gasteiger partial charge in [-0.05, 0) is 22.8 Å². The summed E-state index contributed by atoms with van der Waals surface area (Å²) in [6.45, 7) is 0.473. The number of hydrogen-bond donors (Lipinski definition) is 2. The summed E-state index contributed by atoms with van der Waals surface area (Å²) in [5.74, 6) is -0.283. The first kappa shape index (κ1) is 20.1. The largest absolute Gasteiger partial charge is 0.445 e. The van der Waals surface area contributed by atoms with Gasteiger partial charge >= 0.3 is 6.09 Å². The Morgan fingerprint density at radius 1 is 0.862 bits per heavy atom. The summed E-state index contributed by atoms with van der Waals surface area (Å²) in [5, 5.41) is 5.53. The zero-order valence-electron chi connectivity index (χ0n) is 16.0. The van der Waals surface area contributed by atoms with Crippen molar-refractivity contribution < 1.29 is 14.3 Å². The van der Waals surface area contributed by atoms with Gasteiger partial charge in [0.15, 0.2) is 0 Å². The van der Waals surface area contributed by atoms with Gasteiger partial charge in [0.2, 0.25) is 5.91 Å². The van der Waals surface area contributed by atoms with E-state index in [1.165, 1.54) is 0 Å². The fraction of sp³-hybridized carbons (Fsp3) is 0.174. The molecule has 2 aromatic carbocycles. The zero-order chi connectivity index (χ0) is 20.3. The minimum atomic E-state index is -0.752. The number of nitrogens with one attached hydrogen (secondary N) is 2. The van der Waals surface area contributed by atoms with Gasteiger partial charge in [0.05, 0.1) is 0 Å². The number of carbonyl (C=O) groups excluding carboxylic acids is 2. The topological polar surface area (TPSA) is 80.3 Å². The normalized spacial score (nSPS) is 11.3. The maximum atomic E-state index is 12.7. The van der Waals surface area contributed by atoms with Gasteiger partial charge in [0, 0.05) is 25.4 Å². The smallest absolute Gasteiger partial charge is 0.408 e. The lowest BCUT2D eigenvalue weighted by atomic mass is 10.1. The number of benzene rings is 2. The predicted molar refractivity (Wildman–Crippen MR) is 110 cm³/mol. The van der Waals surface area contributed by atoms with E-state index in [9.17, 15) is 9.59 Å². The number of aromatic nitrogens is 1. The van der Waals surface area contributed by atoms with Gasteiger partial charge in [-0.3, -0.25) is 9.78 Å². The molecule has 6 heteroatoms. The summed E-state index contributed by atoms with van der Waals surface area (Å²) in [5.41, 5.74) is 2.70. The Labute approximate surface area is 169 Å². The maximum Gasteiger partial charge on any atom is 0.408 e. The van der Waals surface area contributed by atoms with Gasteiger partial charge in [-0.25, -0.2) is 4.79 Å². The Balaban J connectivity index is 1.60. The first-order valence-electron chi connectivity index (χ1n) is 9.38. The van der Waals surface area contributed by atoms with Crippen molar-refractivity contribution in [1.29, 1.82) is 0 Å².